The summed E-state index contributed by atoms with van der Waals surface area (Å²) in [6.07, 6.45) is 4.45. The van der Waals surface area contributed by atoms with Crippen LogP contribution in [0.4, 0.5) is 30.5 Å². The van der Waals surface area contributed by atoms with Crippen molar-refractivity contribution in [2.75, 3.05) is 68.2 Å². The highest BCUT2D eigenvalue weighted by Gasteiger charge is 2.37. The van der Waals surface area contributed by atoms with Gasteiger partial charge in [-0.15, -0.1) is 0 Å². The highest BCUT2D eigenvalue weighted by molar-refractivity contribution is 6.05. The van der Waals surface area contributed by atoms with Crippen LogP contribution in [0.3, 0.4) is 0 Å². The van der Waals surface area contributed by atoms with E-state index in [-0.39, 0.29) is 42.3 Å². The molecule has 5 aromatic rings. The third-order valence-corrected chi connectivity index (χ3v) is 14.4. The molecule has 3 aromatic heterocycles. The number of carbonyl (C=O) groups is 3. The average Bonchev–Trinajstić information content (AvgIpc) is 3.96. The number of methoxy groups -OCH3 is 1. The molecule has 0 radical (unpaired) electrons. The van der Waals surface area contributed by atoms with Crippen LogP contribution in [-0.2, 0) is 27.9 Å². The number of imidazole rings is 1. The van der Waals surface area contributed by atoms with E-state index in [1.807, 2.05) is 36.4 Å². The Bertz CT molecular complexity index is 2710. The fraction of sp³-hybridized carbons (Fsp3) is 0.500. The molecule has 10 rings (SSSR count). The zero-order chi connectivity index (χ0) is 46.0. The van der Waals surface area contributed by atoms with Crippen molar-refractivity contribution in [3.05, 3.63) is 76.4 Å². The summed E-state index contributed by atoms with van der Waals surface area (Å²) >= 11 is 0. The van der Waals surface area contributed by atoms with E-state index in [1.54, 1.807) is 23.9 Å². The van der Waals surface area contributed by atoms with Crippen LogP contribution in [-0.4, -0.2) is 112 Å². The van der Waals surface area contributed by atoms with E-state index < -0.39 is 35.2 Å². The van der Waals surface area contributed by atoms with Gasteiger partial charge in [-0.25, -0.2) is 22.8 Å². The minimum Gasteiger partial charge on any atom is -0.477 e. The van der Waals surface area contributed by atoms with Gasteiger partial charge in [0.25, 0.3) is 5.91 Å². The number of nitrogens with one attached hydrogen (secondary N) is 2. The van der Waals surface area contributed by atoms with E-state index in [0.29, 0.717) is 104 Å². The molecule has 4 fully saturated rings. The molecule has 2 aromatic carbocycles. The van der Waals surface area contributed by atoms with Crippen molar-refractivity contribution in [2.24, 2.45) is 18.9 Å². The molecule has 5 aliphatic rings. The molecule has 66 heavy (non-hydrogen) atoms. The summed E-state index contributed by atoms with van der Waals surface area (Å²) < 4.78 is 63.3. The van der Waals surface area contributed by atoms with Gasteiger partial charge in [-0.05, 0) is 94.5 Å². The Kier molecular flexibility index (Phi) is 11.7. The van der Waals surface area contributed by atoms with Crippen LogP contribution in [0.2, 0.25) is 0 Å². The van der Waals surface area contributed by atoms with Crippen LogP contribution in [0.1, 0.15) is 78.2 Å². The first-order valence-electron chi connectivity index (χ1n) is 23.1. The number of pyridine rings is 1. The molecule has 2 N–H and O–H groups in total. The molecule has 7 heterocycles. The number of rotatable bonds is 6. The standard InChI is InChI=1S/C48H55F3N10O5/c1-26-15-30-17-39(52-26)43-27(2)56-57(3)47(43)66-24-29-6-5-28(16-29)22-61-41-21-40(35(49)20-38(41)53-48(61)55-45(30)63)59-13-14-60(33(23-59)25-65-4)31-9-11-58(12-10-31)32-18-36(50)44(37(51)19-32)34-7-8-42(62)54-46(34)64/h15,17-21,28-29,31,33-34H,5-14,16,22-25H2,1-4H3,(H,53,55,63)(H,54,62,64)/t28-,29+,33-,34-/m1/s1. The quantitative estimate of drug-likeness (QED) is 0.186. The second-order valence-electron chi connectivity index (χ2n) is 18.8. The summed E-state index contributed by atoms with van der Waals surface area (Å²) in [6.45, 7) is 8.16. The summed E-state index contributed by atoms with van der Waals surface area (Å²) in [7, 11) is 3.52. The number of carbonyl (C=O) groups excluding carboxylic acids is 3. The Balaban J connectivity index is 0.878. The second kappa shape index (κ2) is 17.7. The maximum Gasteiger partial charge on any atom is 0.258 e. The van der Waals surface area contributed by atoms with Gasteiger partial charge in [0.1, 0.15) is 17.5 Å². The molecule has 4 atom stereocenters. The van der Waals surface area contributed by atoms with Crippen LogP contribution in [0, 0.1) is 43.1 Å². The van der Waals surface area contributed by atoms with Crippen molar-refractivity contribution in [3.63, 3.8) is 0 Å². The molecule has 1 saturated carbocycles. The maximum absolute atomic E-state index is 16.4. The lowest BCUT2D eigenvalue weighted by Crippen LogP contribution is -2.60. The van der Waals surface area contributed by atoms with Crippen LogP contribution in [0.5, 0.6) is 5.88 Å². The maximum atomic E-state index is 16.4. The lowest BCUT2D eigenvalue weighted by Gasteiger charge is -2.48. The molecule has 3 saturated heterocycles. The van der Waals surface area contributed by atoms with Crippen molar-refractivity contribution < 1.29 is 37.0 Å². The second-order valence-corrected chi connectivity index (χ2v) is 18.8. The zero-order valence-corrected chi connectivity index (χ0v) is 37.7. The molecule has 1 aliphatic carbocycles. The Hall–Kier alpha value is -6.01. The van der Waals surface area contributed by atoms with Crippen molar-refractivity contribution in [1.29, 1.82) is 0 Å². The van der Waals surface area contributed by atoms with Gasteiger partial charge in [0.2, 0.25) is 23.6 Å². The van der Waals surface area contributed by atoms with E-state index >= 15 is 13.2 Å². The smallest absolute Gasteiger partial charge is 0.258 e. The molecule has 4 bridgehead atoms. The number of anilines is 3. The molecule has 15 nitrogen and oxygen atoms in total. The van der Waals surface area contributed by atoms with Crippen LogP contribution in [0.15, 0.2) is 36.4 Å². The highest BCUT2D eigenvalue weighted by atomic mass is 19.1. The van der Waals surface area contributed by atoms with E-state index in [2.05, 4.69) is 25.5 Å². The lowest BCUT2D eigenvalue weighted by atomic mass is 9.89. The van der Waals surface area contributed by atoms with Gasteiger partial charge >= 0.3 is 0 Å². The number of ether oxygens (including phenoxy) is 2. The molecule has 4 aliphatic heterocycles. The van der Waals surface area contributed by atoms with E-state index in [1.165, 1.54) is 18.2 Å². The minimum absolute atomic E-state index is 0.0294. The van der Waals surface area contributed by atoms with Crippen molar-refractivity contribution in [1.82, 2.24) is 34.5 Å². The first kappa shape index (κ1) is 43.9. The van der Waals surface area contributed by atoms with E-state index in [0.717, 1.165) is 48.9 Å². The fourth-order valence-electron chi connectivity index (χ4n) is 11.2. The molecule has 18 heteroatoms. The molecular weight excluding hydrogens is 854 g/mol. The number of hydrogen-bond acceptors (Lipinski definition) is 11. The van der Waals surface area contributed by atoms with Gasteiger partial charge in [0.05, 0.1) is 58.8 Å². The summed E-state index contributed by atoms with van der Waals surface area (Å²) in [5.41, 5.74) is 4.95. The highest BCUT2D eigenvalue weighted by Crippen LogP contribution is 2.40. The predicted octanol–water partition coefficient (Wildman–Crippen LogP) is 6.25. The molecule has 3 amide bonds. The van der Waals surface area contributed by atoms with Crippen molar-refractivity contribution >= 4 is 46.1 Å². The topological polar surface area (TPSA) is 152 Å². The van der Waals surface area contributed by atoms with Gasteiger partial charge in [0, 0.05) is 94.5 Å². The fourth-order valence-corrected chi connectivity index (χ4v) is 11.2. The normalized spacial score (nSPS) is 23.2. The Morgan fingerprint density at radius 2 is 1.61 bits per heavy atom. The number of halogens is 3. The van der Waals surface area contributed by atoms with Crippen LogP contribution >= 0.6 is 0 Å². The third-order valence-electron chi connectivity index (χ3n) is 14.4. The third kappa shape index (κ3) is 8.26. The summed E-state index contributed by atoms with van der Waals surface area (Å²) in [6, 6.07) is 9.53. The van der Waals surface area contributed by atoms with Gasteiger partial charge in [0.15, 0.2) is 0 Å². The predicted molar refractivity (Wildman–Crippen MR) is 241 cm³/mol. The number of benzene rings is 2. The number of amides is 3. The molecule has 0 unspecified atom stereocenters. The van der Waals surface area contributed by atoms with E-state index in [9.17, 15) is 14.4 Å². The van der Waals surface area contributed by atoms with Crippen molar-refractivity contribution in [2.45, 2.75) is 83.3 Å². The SMILES string of the molecule is COC[C@H]1CN(c2cc3c(cc2F)nc2n3C[C@@H]3CC[C@H](COc4c(c(C)nn4C)-c4cc(cc(C)n4)C(=O)N2)C3)CCN1C1CCN(c2cc(F)c([C@H]3CCC(=O)NC3=O)c(F)c2)CC1. The summed E-state index contributed by atoms with van der Waals surface area (Å²) in [4.78, 5) is 54.3. The van der Waals surface area contributed by atoms with Gasteiger partial charge in [-0.1, -0.05) is 0 Å². The average molecular weight is 909 g/mol. The van der Waals surface area contributed by atoms with Crippen LogP contribution in [0.25, 0.3) is 22.3 Å². The number of piperazine rings is 1. The number of aromatic nitrogens is 5. The van der Waals surface area contributed by atoms with Gasteiger partial charge in [-0.3, -0.25) is 34.9 Å². The van der Waals surface area contributed by atoms with Crippen molar-refractivity contribution in [3.8, 4) is 17.1 Å². The largest absolute Gasteiger partial charge is 0.477 e. The number of aryl methyl sites for hydroxylation is 3. The Morgan fingerprint density at radius 3 is 2.36 bits per heavy atom. The Morgan fingerprint density at radius 1 is 0.833 bits per heavy atom. The monoisotopic (exact) mass is 908 g/mol. The summed E-state index contributed by atoms with van der Waals surface area (Å²) in [5, 5.41) is 9.91. The van der Waals surface area contributed by atoms with Gasteiger partial charge in [-0.2, -0.15) is 5.10 Å². The first-order valence-corrected chi connectivity index (χ1v) is 23.1. The minimum atomic E-state index is -1.05. The number of fused-ring (bicyclic) bond motifs is 9. The lowest BCUT2D eigenvalue weighted by molar-refractivity contribution is -0.134. The number of nitrogens with zero attached hydrogens (tertiary/aromatic N) is 8. The van der Waals surface area contributed by atoms with Crippen LogP contribution < -0.4 is 25.2 Å². The molecular formula is C48H55F3N10O5. The molecule has 348 valence electrons. The zero-order valence-electron chi connectivity index (χ0n) is 37.7. The van der Waals surface area contributed by atoms with Gasteiger partial charge < -0.3 is 23.8 Å². The molecule has 0 spiro atoms. The number of hydrogen-bond donors (Lipinski definition) is 2. The summed E-state index contributed by atoms with van der Waals surface area (Å²) in [5.74, 6) is -2.93. The number of imide groups is 1. The Labute approximate surface area is 380 Å². The van der Waals surface area contributed by atoms with E-state index in [4.69, 9.17) is 19.4 Å². The number of piperidine rings is 2. The first-order chi connectivity index (χ1) is 31.8.